The highest BCUT2D eigenvalue weighted by Crippen LogP contribution is 2.32. The van der Waals surface area contributed by atoms with Crippen LogP contribution in [0.15, 0.2) is 23.1 Å². The van der Waals surface area contributed by atoms with E-state index >= 15 is 0 Å². The van der Waals surface area contributed by atoms with E-state index < -0.39 is 10.0 Å². The highest BCUT2D eigenvalue weighted by atomic mass is 35.5. The number of halogens is 1. The molecule has 0 heterocycles. The minimum atomic E-state index is -3.58. The lowest BCUT2D eigenvalue weighted by Gasteiger charge is -2.25. The Bertz CT molecular complexity index is 581. The van der Waals surface area contributed by atoms with Gasteiger partial charge in [-0.25, -0.2) is 13.1 Å². The summed E-state index contributed by atoms with van der Waals surface area (Å²) in [4.78, 5) is 0.167. The van der Waals surface area contributed by atoms with Gasteiger partial charge < -0.3 is 5.32 Å². The summed E-state index contributed by atoms with van der Waals surface area (Å²) in [6.07, 6.45) is 3.87. The highest BCUT2D eigenvalue weighted by molar-refractivity contribution is 7.89. The second-order valence-electron chi connectivity index (χ2n) is 5.67. The third kappa shape index (κ3) is 3.52. The van der Waals surface area contributed by atoms with Crippen molar-refractivity contribution in [1.29, 1.82) is 0 Å². The molecular weight excluding hydrogens is 296 g/mol. The Morgan fingerprint density at radius 3 is 2.55 bits per heavy atom. The summed E-state index contributed by atoms with van der Waals surface area (Å²) < 4.78 is 27.9. The minimum Gasteiger partial charge on any atom is -0.316 e. The zero-order valence-electron chi connectivity index (χ0n) is 11.9. The standard InChI is InChI=1S/C14H21ClN2O2S/c1-14(7-3-4-8-14)17-20(18,19)13-9-11(10-16-2)5-6-12(13)15/h5-6,9,16-17H,3-4,7-8,10H2,1-2H3. The van der Waals surface area contributed by atoms with Gasteiger partial charge in [-0.05, 0) is 44.5 Å². The van der Waals surface area contributed by atoms with E-state index in [0.29, 0.717) is 6.54 Å². The highest BCUT2D eigenvalue weighted by Gasteiger charge is 2.34. The summed E-state index contributed by atoms with van der Waals surface area (Å²) in [6, 6.07) is 5.11. The van der Waals surface area contributed by atoms with Crippen molar-refractivity contribution < 1.29 is 8.42 Å². The van der Waals surface area contributed by atoms with Crippen LogP contribution in [-0.4, -0.2) is 21.0 Å². The van der Waals surface area contributed by atoms with Gasteiger partial charge in [0.1, 0.15) is 4.90 Å². The summed E-state index contributed by atoms with van der Waals surface area (Å²) in [7, 11) is -1.76. The molecule has 0 bridgehead atoms. The van der Waals surface area contributed by atoms with Gasteiger partial charge in [-0.1, -0.05) is 30.5 Å². The lowest BCUT2D eigenvalue weighted by atomic mass is 10.0. The first-order valence-electron chi connectivity index (χ1n) is 6.83. The predicted molar refractivity (Wildman–Crippen MR) is 81.4 cm³/mol. The fourth-order valence-corrected chi connectivity index (χ4v) is 4.72. The molecule has 112 valence electrons. The average molecular weight is 317 g/mol. The summed E-state index contributed by atoms with van der Waals surface area (Å²) in [5.74, 6) is 0. The molecule has 2 rings (SSSR count). The summed E-state index contributed by atoms with van der Waals surface area (Å²) in [6.45, 7) is 2.57. The topological polar surface area (TPSA) is 58.2 Å². The molecule has 1 aliphatic carbocycles. The van der Waals surface area contributed by atoms with E-state index in [4.69, 9.17) is 11.6 Å². The van der Waals surface area contributed by atoms with Crippen molar-refractivity contribution in [3.05, 3.63) is 28.8 Å². The predicted octanol–water partition coefficient (Wildman–Crippen LogP) is 2.67. The fourth-order valence-electron chi connectivity index (χ4n) is 2.70. The smallest absolute Gasteiger partial charge is 0.242 e. The maximum Gasteiger partial charge on any atom is 0.242 e. The van der Waals surface area contributed by atoms with Crippen molar-refractivity contribution in [2.75, 3.05) is 7.05 Å². The maximum absolute atomic E-state index is 12.6. The Labute approximate surface area is 126 Å². The number of nitrogens with one attached hydrogen (secondary N) is 2. The first-order valence-corrected chi connectivity index (χ1v) is 8.69. The van der Waals surface area contributed by atoms with Gasteiger partial charge in [-0.2, -0.15) is 0 Å². The van der Waals surface area contributed by atoms with E-state index in [1.165, 1.54) is 0 Å². The molecular formula is C14H21ClN2O2S. The van der Waals surface area contributed by atoms with Crippen molar-refractivity contribution in [1.82, 2.24) is 10.0 Å². The number of hydrogen-bond acceptors (Lipinski definition) is 3. The van der Waals surface area contributed by atoms with E-state index in [1.807, 2.05) is 20.0 Å². The lowest BCUT2D eigenvalue weighted by Crippen LogP contribution is -2.43. The largest absolute Gasteiger partial charge is 0.316 e. The summed E-state index contributed by atoms with van der Waals surface area (Å²) in [5.41, 5.74) is 0.551. The van der Waals surface area contributed by atoms with Crippen LogP contribution in [0.4, 0.5) is 0 Å². The molecule has 0 spiro atoms. The van der Waals surface area contributed by atoms with E-state index in [-0.39, 0.29) is 15.5 Å². The van der Waals surface area contributed by atoms with E-state index in [2.05, 4.69) is 10.0 Å². The molecule has 0 aromatic heterocycles. The van der Waals surface area contributed by atoms with Gasteiger partial charge in [0.15, 0.2) is 0 Å². The van der Waals surface area contributed by atoms with Crippen molar-refractivity contribution in [2.45, 2.75) is 49.6 Å². The third-order valence-electron chi connectivity index (χ3n) is 3.75. The van der Waals surface area contributed by atoms with Crippen molar-refractivity contribution in [2.24, 2.45) is 0 Å². The molecule has 1 aliphatic rings. The molecule has 0 unspecified atom stereocenters. The number of benzene rings is 1. The van der Waals surface area contributed by atoms with Crippen LogP contribution < -0.4 is 10.0 Å². The van der Waals surface area contributed by atoms with Crippen molar-refractivity contribution >= 4 is 21.6 Å². The molecule has 0 radical (unpaired) electrons. The van der Waals surface area contributed by atoms with Crippen LogP contribution in [0.2, 0.25) is 5.02 Å². The van der Waals surface area contributed by atoms with Crippen LogP contribution >= 0.6 is 11.6 Å². The molecule has 6 heteroatoms. The zero-order valence-corrected chi connectivity index (χ0v) is 13.4. The van der Waals surface area contributed by atoms with E-state index in [0.717, 1.165) is 31.2 Å². The van der Waals surface area contributed by atoms with Gasteiger partial charge in [0.2, 0.25) is 10.0 Å². The summed E-state index contributed by atoms with van der Waals surface area (Å²) in [5, 5.41) is 3.27. The van der Waals surface area contributed by atoms with Crippen LogP contribution in [0.1, 0.15) is 38.2 Å². The molecule has 1 saturated carbocycles. The van der Waals surface area contributed by atoms with Crippen LogP contribution in [0.3, 0.4) is 0 Å². The van der Waals surface area contributed by atoms with Crippen molar-refractivity contribution in [3.63, 3.8) is 0 Å². The second kappa shape index (κ2) is 6.02. The quantitative estimate of drug-likeness (QED) is 0.878. The Kier molecular flexibility index (Phi) is 4.74. The molecule has 0 amide bonds. The lowest BCUT2D eigenvalue weighted by molar-refractivity contribution is 0.427. The molecule has 1 aromatic rings. The molecule has 0 aliphatic heterocycles. The maximum atomic E-state index is 12.6. The van der Waals surface area contributed by atoms with Crippen LogP contribution in [0, 0.1) is 0 Å². The minimum absolute atomic E-state index is 0.167. The van der Waals surface area contributed by atoms with E-state index in [1.54, 1.807) is 12.1 Å². The van der Waals surface area contributed by atoms with Gasteiger partial charge in [0.05, 0.1) is 5.02 Å². The number of rotatable bonds is 5. The number of hydrogen-bond donors (Lipinski definition) is 2. The molecule has 2 N–H and O–H groups in total. The molecule has 0 atom stereocenters. The first-order chi connectivity index (χ1) is 9.36. The normalized spacial score (nSPS) is 18.4. The average Bonchev–Trinajstić information content (AvgIpc) is 2.77. The molecule has 20 heavy (non-hydrogen) atoms. The molecule has 4 nitrogen and oxygen atoms in total. The summed E-state index contributed by atoms with van der Waals surface area (Å²) >= 11 is 6.07. The SMILES string of the molecule is CNCc1ccc(Cl)c(S(=O)(=O)NC2(C)CCCC2)c1. The van der Waals surface area contributed by atoms with Crippen molar-refractivity contribution in [3.8, 4) is 0 Å². The molecule has 1 aromatic carbocycles. The van der Waals surface area contributed by atoms with Gasteiger partial charge in [0, 0.05) is 12.1 Å². The number of sulfonamides is 1. The Morgan fingerprint density at radius 2 is 1.95 bits per heavy atom. The molecule has 1 fully saturated rings. The Morgan fingerprint density at radius 1 is 1.30 bits per heavy atom. The molecule has 0 saturated heterocycles. The van der Waals surface area contributed by atoms with Gasteiger partial charge >= 0.3 is 0 Å². The Balaban J connectivity index is 2.31. The van der Waals surface area contributed by atoms with E-state index in [9.17, 15) is 8.42 Å². The zero-order chi connectivity index (χ0) is 14.8. The van der Waals surface area contributed by atoms with Crippen LogP contribution in [0.25, 0.3) is 0 Å². The third-order valence-corrected chi connectivity index (χ3v) is 5.87. The fraction of sp³-hybridized carbons (Fsp3) is 0.571. The van der Waals surface area contributed by atoms with Crippen LogP contribution in [-0.2, 0) is 16.6 Å². The second-order valence-corrected chi connectivity index (χ2v) is 7.73. The van der Waals surface area contributed by atoms with Gasteiger partial charge in [-0.15, -0.1) is 0 Å². The monoisotopic (exact) mass is 316 g/mol. The first kappa shape index (κ1) is 15.8. The van der Waals surface area contributed by atoms with Gasteiger partial charge in [-0.3, -0.25) is 0 Å². The van der Waals surface area contributed by atoms with Gasteiger partial charge in [0.25, 0.3) is 0 Å². The van der Waals surface area contributed by atoms with Crippen LogP contribution in [0.5, 0.6) is 0 Å². The Hall–Kier alpha value is -0.620.